The summed E-state index contributed by atoms with van der Waals surface area (Å²) in [4.78, 5) is 12.2. The van der Waals surface area contributed by atoms with E-state index in [0.29, 0.717) is 0 Å². The first kappa shape index (κ1) is 12.9. The SMILES string of the molecule is CC1(NC(=O)Nc2cccc3ccccc23)CCNC1. The Labute approximate surface area is 118 Å². The van der Waals surface area contributed by atoms with Gasteiger partial charge in [0.05, 0.1) is 11.2 Å². The van der Waals surface area contributed by atoms with Gasteiger partial charge in [0.1, 0.15) is 0 Å². The first-order valence-corrected chi connectivity index (χ1v) is 6.94. The smallest absolute Gasteiger partial charge is 0.319 e. The number of amides is 2. The molecule has 1 fully saturated rings. The summed E-state index contributed by atoms with van der Waals surface area (Å²) in [6.07, 6.45) is 0.954. The van der Waals surface area contributed by atoms with Crippen molar-refractivity contribution in [3.8, 4) is 0 Å². The van der Waals surface area contributed by atoms with Gasteiger partial charge in [0, 0.05) is 11.9 Å². The molecule has 4 heteroatoms. The van der Waals surface area contributed by atoms with Crippen LogP contribution >= 0.6 is 0 Å². The fraction of sp³-hybridized carbons (Fsp3) is 0.312. The van der Waals surface area contributed by atoms with Crippen LogP contribution in [0.3, 0.4) is 0 Å². The molecule has 0 radical (unpaired) electrons. The van der Waals surface area contributed by atoms with Gasteiger partial charge in [-0.1, -0.05) is 36.4 Å². The molecule has 3 N–H and O–H groups in total. The van der Waals surface area contributed by atoms with Crippen molar-refractivity contribution in [1.82, 2.24) is 10.6 Å². The van der Waals surface area contributed by atoms with Crippen molar-refractivity contribution in [2.75, 3.05) is 18.4 Å². The third-order valence-electron chi connectivity index (χ3n) is 3.82. The molecular formula is C16H19N3O. The van der Waals surface area contributed by atoms with Gasteiger partial charge in [0.25, 0.3) is 0 Å². The van der Waals surface area contributed by atoms with Gasteiger partial charge < -0.3 is 16.0 Å². The highest BCUT2D eigenvalue weighted by molar-refractivity contribution is 6.01. The molecule has 20 heavy (non-hydrogen) atoms. The van der Waals surface area contributed by atoms with Gasteiger partial charge in [-0.25, -0.2) is 4.79 Å². The zero-order valence-electron chi connectivity index (χ0n) is 11.6. The van der Waals surface area contributed by atoms with Crippen LogP contribution in [-0.4, -0.2) is 24.7 Å². The maximum absolute atomic E-state index is 12.2. The first-order valence-electron chi connectivity index (χ1n) is 6.94. The van der Waals surface area contributed by atoms with Crippen molar-refractivity contribution in [3.05, 3.63) is 42.5 Å². The zero-order valence-corrected chi connectivity index (χ0v) is 11.6. The quantitative estimate of drug-likeness (QED) is 0.785. The molecule has 0 aliphatic carbocycles. The van der Waals surface area contributed by atoms with E-state index in [1.165, 1.54) is 0 Å². The second-order valence-electron chi connectivity index (χ2n) is 5.59. The van der Waals surface area contributed by atoms with Crippen LogP contribution in [0.4, 0.5) is 10.5 Å². The van der Waals surface area contributed by atoms with Crippen LogP contribution in [0.25, 0.3) is 10.8 Å². The fourth-order valence-corrected chi connectivity index (χ4v) is 2.69. The third kappa shape index (κ3) is 2.60. The Morgan fingerprint density at radius 2 is 2.00 bits per heavy atom. The molecule has 1 aliphatic rings. The summed E-state index contributed by atoms with van der Waals surface area (Å²) in [6.45, 7) is 3.83. The highest BCUT2D eigenvalue weighted by atomic mass is 16.2. The molecule has 1 atom stereocenters. The molecule has 0 saturated carbocycles. The average molecular weight is 269 g/mol. The summed E-state index contributed by atoms with van der Waals surface area (Å²) in [7, 11) is 0. The summed E-state index contributed by atoms with van der Waals surface area (Å²) < 4.78 is 0. The molecule has 4 nitrogen and oxygen atoms in total. The Morgan fingerprint density at radius 1 is 1.20 bits per heavy atom. The van der Waals surface area contributed by atoms with E-state index in [2.05, 4.69) is 22.9 Å². The molecular weight excluding hydrogens is 250 g/mol. The van der Waals surface area contributed by atoms with Crippen molar-refractivity contribution in [1.29, 1.82) is 0 Å². The first-order chi connectivity index (χ1) is 9.66. The average Bonchev–Trinajstić information content (AvgIpc) is 2.85. The van der Waals surface area contributed by atoms with Gasteiger partial charge in [0.2, 0.25) is 0 Å². The molecule has 0 aromatic heterocycles. The number of anilines is 1. The molecule has 3 rings (SSSR count). The lowest BCUT2D eigenvalue weighted by atomic mass is 10.0. The van der Waals surface area contributed by atoms with Crippen molar-refractivity contribution < 1.29 is 4.79 Å². The Morgan fingerprint density at radius 3 is 2.80 bits per heavy atom. The molecule has 1 aliphatic heterocycles. The van der Waals surface area contributed by atoms with Crippen LogP contribution < -0.4 is 16.0 Å². The maximum Gasteiger partial charge on any atom is 0.319 e. The predicted octanol–water partition coefficient (Wildman–Crippen LogP) is 2.71. The summed E-state index contributed by atoms with van der Waals surface area (Å²) >= 11 is 0. The van der Waals surface area contributed by atoms with Crippen LogP contribution in [-0.2, 0) is 0 Å². The van der Waals surface area contributed by atoms with E-state index in [1.54, 1.807) is 0 Å². The van der Waals surface area contributed by atoms with Crippen LogP contribution in [0.5, 0.6) is 0 Å². The molecule has 2 aromatic rings. The zero-order chi connectivity index (χ0) is 14.0. The fourth-order valence-electron chi connectivity index (χ4n) is 2.69. The monoisotopic (exact) mass is 269 g/mol. The predicted molar refractivity (Wildman–Crippen MR) is 82.0 cm³/mol. The normalized spacial score (nSPS) is 21.9. The van der Waals surface area contributed by atoms with Gasteiger partial charge in [-0.3, -0.25) is 0 Å². The number of rotatable bonds is 2. The lowest BCUT2D eigenvalue weighted by Gasteiger charge is -2.24. The summed E-state index contributed by atoms with van der Waals surface area (Å²) in [5.74, 6) is 0. The van der Waals surface area contributed by atoms with Crippen LogP contribution in [0, 0.1) is 0 Å². The lowest BCUT2D eigenvalue weighted by Crippen LogP contribution is -2.49. The van der Waals surface area contributed by atoms with E-state index in [-0.39, 0.29) is 11.6 Å². The second-order valence-corrected chi connectivity index (χ2v) is 5.59. The van der Waals surface area contributed by atoms with Crippen molar-refractivity contribution >= 4 is 22.5 Å². The molecule has 2 aromatic carbocycles. The Hall–Kier alpha value is -2.07. The number of urea groups is 1. The molecule has 0 spiro atoms. The lowest BCUT2D eigenvalue weighted by molar-refractivity contribution is 0.241. The molecule has 1 heterocycles. The van der Waals surface area contributed by atoms with Gasteiger partial charge in [-0.2, -0.15) is 0 Å². The van der Waals surface area contributed by atoms with Gasteiger partial charge in [-0.05, 0) is 31.3 Å². The maximum atomic E-state index is 12.2. The number of carbonyl (C=O) groups is 1. The molecule has 2 amide bonds. The Bertz CT molecular complexity index is 627. The minimum absolute atomic E-state index is 0.146. The van der Waals surface area contributed by atoms with Crippen molar-refractivity contribution in [3.63, 3.8) is 0 Å². The molecule has 104 valence electrons. The van der Waals surface area contributed by atoms with E-state index in [0.717, 1.165) is 36.0 Å². The minimum atomic E-state index is -0.158. The number of carbonyl (C=O) groups excluding carboxylic acids is 1. The molecule has 1 unspecified atom stereocenters. The number of hydrogen-bond donors (Lipinski definition) is 3. The number of fused-ring (bicyclic) bond motifs is 1. The highest BCUT2D eigenvalue weighted by Gasteiger charge is 2.30. The van der Waals surface area contributed by atoms with Gasteiger partial charge >= 0.3 is 6.03 Å². The standard InChI is InChI=1S/C16H19N3O/c1-16(9-10-17-11-16)19-15(20)18-14-8-4-6-12-5-2-3-7-13(12)14/h2-8,17H,9-11H2,1H3,(H2,18,19,20). The van der Waals surface area contributed by atoms with Gasteiger partial charge in [0.15, 0.2) is 0 Å². The van der Waals surface area contributed by atoms with Crippen molar-refractivity contribution in [2.24, 2.45) is 0 Å². The Balaban J connectivity index is 1.77. The Kier molecular flexibility index (Phi) is 3.32. The number of hydrogen-bond acceptors (Lipinski definition) is 2. The van der Waals surface area contributed by atoms with Crippen molar-refractivity contribution in [2.45, 2.75) is 18.9 Å². The molecule has 1 saturated heterocycles. The van der Waals surface area contributed by atoms with Crippen LogP contribution in [0.15, 0.2) is 42.5 Å². The van der Waals surface area contributed by atoms with E-state index < -0.39 is 0 Å². The van der Waals surface area contributed by atoms with Crippen LogP contribution in [0.1, 0.15) is 13.3 Å². The number of nitrogens with one attached hydrogen (secondary N) is 3. The summed E-state index contributed by atoms with van der Waals surface area (Å²) in [5.41, 5.74) is 0.685. The van der Waals surface area contributed by atoms with Crippen LogP contribution in [0.2, 0.25) is 0 Å². The summed E-state index contributed by atoms with van der Waals surface area (Å²) in [6, 6.07) is 13.8. The van der Waals surface area contributed by atoms with E-state index in [1.807, 2.05) is 42.5 Å². The van der Waals surface area contributed by atoms with E-state index >= 15 is 0 Å². The third-order valence-corrected chi connectivity index (χ3v) is 3.82. The molecule has 0 bridgehead atoms. The highest BCUT2D eigenvalue weighted by Crippen LogP contribution is 2.23. The van der Waals surface area contributed by atoms with Gasteiger partial charge in [-0.15, -0.1) is 0 Å². The van der Waals surface area contributed by atoms with E-state index in [4.69, 9.17) is 0 Å². The number of benzene rings is 2. The van der Waals surface area contributed by atoms with E-state index in [9.17, 15) is 4.79 Å². The largest absolute Gasteiger partial charge is 0.331 e. The summed E-state index contributed by atoms with van der Waals surface area (Å²) in [5, 5.41) is 11.5. The second kappa shape index (κ2) is 5.13. The minimum Gasteiger partial charge on any atom is -0.331 e. The topological polar surface area (TPSA) is 53.2 Å².